The third-order valence-corrected chi connectivity index (χ3v) is 13.4. The van der Waals surface area contributed by atoms with E-state index in [1.807, 2.05) is 0 Å². The first-order valence-electron chi connectivity index (χ1n) is 31.1. The molecule has 73 heavy (non-hydrogen) atoms. The summed E-state index contributed by atoms with van der Waals surface area (Å²) in [6.07, 6.45) is 80.1. The summed E-state index contributed by atoms with van der Waals surface area (Å²) in [6, 6.07) is 0. The van der Waals surface area contributed by atoms with E-state index >= 15 is 0 Å². The smallest absolute Gasteiger partial charge is 0.306 e. The molecule has 0 aliphatic rings. The lowest BCUT2D eigenvalue weighted by molar-refractivity contribution is -0.167. The van der Waals surface area contributed by atoms with Gasteiger partial charge in [-0.05, 0) is 77.0 Å². The van der Waals surface area contributed by atoms with Crippen LogP contribution in [-0.4, -0.2) is 37.2 Å². The van der Waals surface area contributed by atoms with Crippen molar-refractivity contribution < 1.29 is 28.6 Å². The highest BCUT2D eigenvalue weighted by atomic mass is 16.6. The Morgan fingerprint density at radius 1 is 0.288 bits per heavy atom. The van der Waals surface area contributed by atoms with Gasteiger partial charge in [-0.1, -0.05) is 292 Å². The number of ether oxygens (including phenoxy) is 3. The summed E-state index contributed by atoms with van der Waals surface area (Å²) >= 11 is 0. The minimum atomic E-state index is -0.788. The molecule has 6 nitrogen and oxygen atoms in total. The van der Waals surface area contributed by atoms with Gasteiger partial charge in [0.15, 0.2) is 6.10 Å². The molecule has 0 spiro atoms. The zero-order valence-electron chi connectivity index (χ0n) is 48.1. The van der Waals surface area contributed by atoms with Gasteiger partial charge in [0.05, 0.1) is 0 Å². The molecule has 0 aromatic rings. The molecule has 6 heteroatoms. The van der Waals surface area contributed by atoms with Crippen molar-refractivity contribution in [2.24, 2.45) is 0 Å². The minimum absolute atomic E-state index is 0.0830. The van der Waals surface area contributed by atoms with Gasteiger partial charge in [0, 0.05) is 19.3 Å². The Morgan fingerprint density at radius 3 is 0.836 bits per heavy atom. The Morgan fingerprint density at radius 2 is 0.534 bits per heavy atom. The fraction of sp³-hybridized carbons (Fsp3) is 0.746. The molecule has 0 N–H and O–H groups in total. The van der Waals surface area contributed by atoms with E-state index in [4.69, 9.17) is 14.2 Å². The summed E-state index contributed by atoms with van der Waals surface area (Å²) in [6.45, 7) is 6.53. The molecule has 0 bridgehead atoms. The first-order valence-corrected chi connectivity index (χ1v) is 31.1. The second-order valence-electron chi connectivity index (χ2n) is 20.6. The van der Waals surface area contributed by atoms with Crippen LogP contribution in [0.1, 0.15) is 303 Å². The number of carbonyl (C=O) groups is 3. The third kappa shape index (κ3) is 59.3. The monoisotopic (exact) mass is 1020 g/mol. The lowest BCUT2D eigenvalue weighted by Gasteiger charge is -2.18. The van der Waals surface area contributed by atoms with Crippen LogP contribution in [0.4, 0.5) is 0 Å². The van der Waals surface area contributed by atoms with Crippen molar-refractivity contribution in [3.63, 3.8) is 0 Å². The van der Waals surface area contributed by atoms with Gasteiger partial charge < -0.3 is 14.2 Å². The molecule has 420 valence electrons. The maximum atomic E-state index is 12.9. The van der Waals surface area contributed by atoms with Crippen molar-refractivity contribution in [2.45, 2.75) is 309 Å². The van der Waals surface area contributed by atoms with Crippen molar-refractivity contribution >= 4 is 17.9 Å². The predicted molar refractivity (Wildman–Crippen MR) is 316 cm³/mol. The Balaban J connectivity index is 4.39. The second kappa shape index (κ2) is 61.1. The average Bonchev–Trinajstić information content (AvgIpc) is 3.39. The molecule has 0 amide bonds. The number of unbranched alkanes of at least 4 members (excludes halogenated alkanes) is 31. The molecule has 0 saturated carbocycles. The van der Waals surface area contributed by atoms with E-state index in [1.165, 1.54) is 154 Å². The number of esters is 3. The van der Waals surface area contributed by atoms with E-state index in [0.717, 1.165) is 109 Å². The summed E-state index contributed by atoms with van der Waals surface area (Å²) in [5.41, 5.74) is 0. The second-order valence-corrected chi connectivity index (χ2v) is 20.6. The van der Waals surface area contributed by atoms with E-state index in [9.17, 15) is 14.4 Å². The fourth-order valence-corrected chi connectivity index (χ4v) is 8.78. The molecule has 0 aliphatic heterocycles. The molecule has 1 unspecified atom stereocenters. The molecule has 0 aromatic heterocycles. The molecular weight excluding hydrogens is 901 g/mol. The van der Waals surface area contributed by atoms with E-state index in [0.29, 0.717) is 19.3 Å². The maximum Gasteiger partial charge on any atom is 0.306 e. The van der Waals surface area contributed by atoms with Crippen LogP contribution in [-0.2, 0) is 28.6 Å². The lowest BCUT2D eigenvalue weighted by Crippen LogP contribution is -2.30. The zero-order chi connectivity index (χ0) is 52.9. The van der Waals surface area contributed by atoms with Crippen molar-refractivity contribution in [1.29, 1.82) is 0 Å². The number of allylic oxidation sites excluding steroid dienone is 14. The molecule has 0 rings (SSSR count). The summed E-state index contributed by atoms with van der Waals surface area (Å²) in [4.78, 5) is 38.2. The maximum absolute atomic E-state index is 12.9. The van der Waals surface area contributed by atoms with Crippen molar-refractivity contribution in [3.05, 3.63) is 85.1 Å². The van der Waals surface area contributed by atoms with Crippen LogP contribution in [0.25, 0.3) is 0 Å². The molecule has 0 saturated heterocycles. The molecule has 0 fully saturated rings. The fourth-order valence-electron chi connectivity index (χ4n) is 8.78. The normalized spacial score (nSPS) is 12.6. The molecule has 0 heterocycles. The number of rotatable bonds is 56. The summed E-state index contributed by atoms with van der Waals surface area (Å²) < 4.78 is 16.9. The van der Waals surface area contributed by atoms with Crippen molar-refractivity contribution in [3.8, 4) is 0 Å². The Kier molecular flexibility index (Phi) is 58.3. The number of hydrogen-bond donors (Lipinski definition) is 0. The van der Waals surface area contributed by atoms with Crippen LogP contribution in [0.3, 0.4) is 0 Å². The standard InChI is InChI=1S/C67H116O6/c1-4-7-10-13-16-19-22-25-28-30-31-32-33-34-35-36-37-38-40-42-45-48-51-54-57-60-66(69)72-63-64(62-71-65(68)59-56-53-50-47-44-41-27-24-21-18-15-12-9-6-3)73-67(70)61-58-55-52-49-46-43-39-29-26-23-20-17-14-11-8-5-2/h7,10,16,19,25,28,31-32,34-35,37-38,42,45,64H,4-6,8-9,11-15,17-18,20-24,26-27,29-30,33,36,39-41,43-44,46-63H2,1-3H3/b10-7-,19-16-,28-25-,32-31-,35-34-,38-37-,45-42-. The van der Waals surface area contributed by atoms with Gasteiger partial charge in [0.25, 0.3) is 0 Å². The van der Waals surface area contributed by atoms with Gasteiger partial charge >= 0.3 is 17.9 Å². The topological polar surface area (TPSA) is 78.9 Å². The van der Waals surface area contributed by atoms with Crippen molar-refractivity contribution in [1.82, 2.24) is 0 Å². The largest absolute Gasteiger partial charge is 0.462 e. The Bertz CT molecular complexity index is 1400. The number of carbonyl (C=O) groups excluding carboxylic acids is 3. The molecule has 0 radical (unpaired) electrons. The van der Waals surface area contributed by atoms with E-state index in [1.54, 1.807) is 0 Å². The highest BCUT2D eigenvalue weighted by Gasteiger charge is 2.19. The van der Waals surface area contributed by atoms with Crippen LogP contribution in [0, 0.1) is 0 Å². The lowest BCUT2D eigenvalue weighted by atomic mass is 10.0. The third-order valence-electron chi connectivity index (χ3n) is 13.4. The average molecular weight is 1020 g/mol. The summed E-state index contributed by atoms with van der Waals surface area (Å²) in [7, 11) is 0. The molecular formula is C67H116O6. The summed E-state index contributed by atoms with van der Waals surface area (Å²) in [5.74, 6) is -0.903. The Labute approximate surface area is 452 Å². The van der Waals surface area contributed by atoms with Gasteiger partial charge in [-0.25, -0.2) is 0 Å². The first-order chi connectivity index (χ1) is 36.0. The van der Waals surface area contributed by atoms with Gasteiger partial charge in [0.1, 0.15) is 13.2 Å². The van der Waals surface area contributed by atoms with E-state index in [-0.39, 0.29) is 31.1 Å². The van der Waals surface area contributed by atoms with Crippen LogP contribution >= 0.6 is 0 Å². The minimum Gasteiger partial charge on any atom is -0.462 e. The predicted octanol–water partition coefficient (Wildman–Crippen LogP) is 21.1. The molecule has 0 aromatic carbocycles. The highest BCUT2D eigenvalue weighted by Crippen LogP contribution is 2.17. The van der Waals surface area contributed by atoms with E-state index < -0.39 is 6.10 Å². The van der Waals surface area contributed by atoms with E-state index in [2.05, 4.69) is 106 Å². The molecule has 1 atom stereocenters. The van der Waals surface area contributed by atoms with Gasteiger partial charge in [-0.15, -0.1) is 0 Å². The summed E-state index contributed by atoms with van der Waals surface area (Å²) in [5, 5.41) is 0. The van der Waals surface area contributed by atoms with Crippen LogP contribution < -0.4 is 0 Å². The number of hydrogen-bond acceptors (Lipinski definition) is 6. The SMILES string of the molecule is CC/C=C\C/C=C\C/C=C\C/C=C\C/C=C\C/C=C\C/C=C\CCCCCC(=O)OCC(COC(=O)CCCCCCCCCCCCCCCC)OC(=O)CCCCCCCCCCCCCCCCCC. The van der Waals surface area contributed by atoms with Gasteiger partial charge in [-0.2, -0.15) is 0 Å². The van der Waals surface area contributed by atoms with Crippen LogP contribution in [0.5, 0.6) is 0 Å². The quantitative estimate of drug-likeness (QED) is 0.0261. The highest BCUT2D eigenvalue weighted by molar-refractivity contribution is 5.71. The zero-order valence-corrected chi connectivity index (χ0v) is 48.1. The van der Waals surface area contributed by atoms with Crippen molar-refractivity contribution in [2.75, 3.05) is 13.2 Å². The van der Waals surface area contributed by atoms with Crippen LogP contribution in [0.15, 0.2) is 85.1 Å². The van der Waals surface area contributed by atoms with Gasteiger partial charge in [0.2, 0.25) is 0 Å². The Hall–Kier alpha value is -3.41. The molecule has 0 aliphatic carbocycles. The first kappa shape index (κ1) is 69.6. The van der Waals surface area contributed by atoms with Gasteiger partial charge in [-0.3, -0.25) is 14.4 Å². The van der Waals surface area contributed by atoms with Crippen LogP contribution in [0.2, 0.25) is 0 Å².